The second-order valence-corrected chi connectivity index (χ2v) is 5.83. The fraction of sp³-hybridized carbons (Fsp3) is 0.571. The number of unbranched alkanes of at least 4 members (excludes halogenated alkanes) is 1. The minimum Gasteiger partial charge on any atom is -0.249 e. The summed E-state index contributed by atoms with van der Waals surface area (Å²) in [5.41, 5.74) is 1.35. The molecule has 0 spiro atoms. The molecule has 1 aliphatic carbocycles. The van der Waals surface area contributed by atoms with Crippen LogP contribution < -0.4 is 0 Å². The third-order valence-electron chi connectivity index (χ3n) is 3.37. The van der Waals surface area contributed by atoms with E-state index >= 15 is 0 Å². The predicted octanol–water partition coefficient (Wildman–Crippen LogP) is 3.61. The van der Waals surface area contributed by atoms with E-state index in [2.05, 4.69) is 28.4 Å². The first-order valence-corrected chi connectivity index (χ1v) is 7.75. The van der Waals surface area contributed by atoms with Gasteiger partial charge in [0, 0.05) is 18.9 Å². The Morgan fingerprint density at radius 2 is 2.33 bits per heavy atom. The molecule has 0 aliphatic heterocycles. The molecule has 3 nitrogen and oxygen atoms in total. The van der Waals surface area contributed by atoms with E-state index in [9.17, 15) is 0 Å². The molecule has 4 heteroatoms. The highest BCUT2D eigenvalue weighted by molar-refractivity contribution is 7.07. The molecule has 0 unspecified atom stereocenters. The highest BCUT2D eigenvalue weighted by Gasteiger charge is 2.28. The average molecular weight is 261 g/mol. The molecular weight excluding hydrogens is 242 g/mol. The summed E-state index contributed by atoms with van der Waals surface area (Å²) >= 11 is 1.75. The van der Waals surface area contributed by atoms with Gasteiger partial charge in [0.2, 0.25) is 0 Å². The molecule has 1 saturated carbocycles. The lowest BCUT2D eigenvalue weighted by atomic mass is 10.2. The summed E-state index contributed by atoms with van der Waals surface area (Å²) in [6.45, 7) is 3.23. The number of hydrogen-bond donors (Lipinski definition) is 0. The van der Waals surface area contributed by atoms with E-state index in [1.54, 1.807) is 11.3 Å². The van der Waals surface area contributed by atoms with E-state index in [-0.39, 0.29) is 0 Å². The zero-order valence-corrected chi connectivity index (χ0v) is 11.6. The van der Waals surface area contributed by atoms with Crippen molar-refractivity contribution < 1.29 is 0 Å². The number of rotatable bonds is 6. The molecule has 1 aliphatic rings. The van der Waals surface area contributed by atoms with Crippen molar-refractivity contribution in [3.63, 3.8) is 0 Å². The zero-order valence-electron chi connectivity index (χ0n) is 10.8. The molecule has 1 fully saturated rings. The van der Waals surface area contributed by atoms with Crippen LogP contribution in [0, 0.1) is 0 Å². The molecule has 3 rings (SSSR count). The molecule has 2 heterocycles. The maximum Gasteiger partial charge on any atom is 0.154 e. The molecule has 2 aromatic heterocycles. The van der Waals surface area contributed by atoms with Gasteiger partial charge in [-0.2, -0.15) is 16.4 Å². The lowest BCUT2D eigenvalue weighted by molar-refractivity contribution is 0.546. The minimum atomic E-state index is 0.647. The van der Waals surface area contributed by atoms with Crippen LogP contribution in [0.1, 0.15) is 55.7 Å². The standard InChI is InChI=1S/C14H19N3S/c1-2-3-7-17-13(9-11-6-8-18-10-11)15-14(16-17)12-4-5-12/h6,8,10,12H,2-5,7,9H2,1H3. The molecule has 0 N–H and O–H groups in total. The van der Waals surface area contributed by atoms with Gasteiger partial charge in [0.1, 0.15) is 5.82 Å². The molecule has 2 aromatic rings. The molecule has 0 aromatic carbocycles. The van der Waals surface area contributed by atoms with Crippen LogP contribution in [0.25, 0.3) is 0 Å². The molecule has 0 atom stereocenters. The summed E-state index contributed by atoms with van der Waals surface area (Å²) in [6, 6.07) is 2.18. The second kappa shape index (κ2) is 5.22. The quantitative estimate of drug-likeness (QED) is 0.795. The summed E-state index contributed by atoms with van der Waals surface area (Å²) in [4.78, 5) is 4.76. The normalized spacial score (nSPS) is 15.2. The van der Waals surface area contributed by atoms with Gasteiger partial charge in [-0.3, -0.25) is 0 Å². The first-order valence-electron chi connectivity index (χ1n) is 6.81. The van der Waals surface area contributed by atoms with Gasteiger partial charge in [-0.15, -0.1) is 0 Å². The Morgan fingerprint density at radius 1 is 1.44 bits per heavy atom. The van der Waals surface area contributed by atoms with Crippen LogP contribution >= 0.6 is 11.3 Å². The lowest BCUT2D eigenvalue weighted by Gasteiger charge is -2.03. The molecule has 18 heavy (non-hydrogen) atoms. The maximum absolute atomic E-state index is 4.76. The van der Waals surface area contributed by atoms with Gasteiger partial charge in [0.25, 0.3) is 0 Å². The number of aromatic nitrogens is 3. The Hall–Kier alpha value is -1.16. The predicted molar refractivity (Wildman–Crippen MR) is 74.0 cm³/mol. The van der Waals surface area contributed by atoms with Crippen LogP contribution in [0.5, 0.6) is 0 Å². The SMILES string of the molecule is CCCCn1nc(C2CC2)nc1Cc1ccsc1. The smallest absolute Gasteiger partial charge is 0.154 e. The van der Waals surface area contributed by atoms with E-state index in [0.717, 1.165) is 24.6 Å². The Bertz CT molecular complexity index is 497. The van der Waals surface area contributed by atoms with Gasteiger partial charge in [-0.05, 0) is 41.7 Å². The first-order chi connectivity index (χ1) is 8.86. The first kappa shape index (κ1) is 11.9. The Kier molecular flexibility index (Phi) is 3.46. The van der Waals surface area contributed by atoms with Crippen molar-refractivity contribution in [3.05, 3.63) is 34.0 Å². The van der Waals surface area contributed by atoms with Crippen molar-refractivity contribution in [1.29, 1.82) is 0 Å². The minimum absolute atomic E-state index is 0.647. The summed E-state index contributed by atoms with van der Waals surface area (Å²) in [6.07, 6.45) is 5.86. The number of hydrogen-bond acceptors (Lipinski definition) is 3. The molecule has 0 radical (unpaired) electrons. The summed E-state index contributed by atoms with van der Waals surface area (Å²) in [5.74, 6) is 2.87. The summed E-state index contributed by atoms with van der Waals surface area (Å²) < 4.78 is 2.13. The number of aryl methyl sites for hydroxylation is 1. The summed E-state index contributed by atoms with van der Waals surface area (Å²) in [7, 11) is 0. The average Bonchev–Trinajstić information content (AvgIpc) is 2.96. The summed E-state index contributed by atoms with van der Waals surface area (Å²) in [5, 5.41) is 9.03. The van der Waals surface area contributed by atoms with Gasteiger partial charge in [-0.25, -0.2) is 9.67 Å². The molecule has 0 bridgehead atoms. The van der Waals surface area contributed by atoms with Crippen molar-refractivity contribution in [2.24, 2.45) is 0 Å². The monoisotopic (exact) mass is 261 g/mol. The van der Waals surface area contributed by atoms with E-state index in [1.807, 2.05) is 0 Å². The van der Waals surface area contributed by atoms with Crippen LogP contribution in [0.2, 0.25) is 0 Å². The van der Waals surface area contributed by atoms with Crippen LogP contribution in [-0.2, 0) is 13.0 Å². The van der Waals surface area contributed by atoms with E-state index in [0.29, 0.717) is 5.92 Å². The van der Waals surface area contributed by atoms with E-state index in [1.165, 1.54) is 31.2 Å². The van der Waals surface area contributed by atoms with Gasteiger partial charge < -0.3 is 0 Å². The van der Waals surface area contributed by atoms with E-state index < -0.39 is 0 Å². The lowest BCUT2D eigenvalue weighted by Crippen LogP contribution is -2.06. The van der Waals surface area contributed by atoms with Gasteiger partial charge in [0.05, 0.1) is 0 Å². The highest BCUT2D eigenvalue weighted by Crippen LogP contribution is 2.38. The van der Waals surface area contributed by atoms with E-state index in [4.69, 9.17) is 10.1 Å². The van der Waals surface area contributed by atoms with Gasteiger partial charge in [0.15, 0.2) is 5.82 Å². The zero-order chi connectivity index (χ0) is 12.4. The fourth-order valence-corrected chi connectivity index (χ4v) is 2.77. The fourth-order valence-electron chi connectivity index (χ4n) is 2.10. The molecular formula is C14H19N3S. The maximum atomic E-state index is 4.76. The third-order valence-corrected chi connectivity index (χ3v) is 4.11. The van der Waals surface area contributed by atoms with Crippen molar-refractivity contribution >= 4 is 11.3 Å². The van der Waals surface area contributed by atoms with Gasteiger partial charge in [-0.1, -0.05) is 13.3 Å². The number of nitrogens with zero attached hydrogens (tertiary/aromatic N) is 3. The molecule has 0 saturated heterocycles. The number of thiophene rings is 1. The van der Waals surface area contributed by atoms with Crippen molar-refractivity contribution in [2.45, 2.75) is 51.5 Å². The second-order valence-electron chi connectivity index (χ2n) is 5.05. The largest absolute Gasteiger partial charge is 0.249 e. The van der Waals surface area contributed by atoms with Crippen LogP contribution in [-0.4, -0.2) is 14.8 Å². The van der Waals surface area contributed by atoms with Crippen molar-refractivity contribution in [2.75, 3.05) is 0 Å². The van der Waals surface area contributed by atoms with Crippen LogP contribution in [0.15, 0.2) is 16.8 Å². The Labute approximate surface area is 112 Å². The Morgan fingerprint density at radius 3 is 3.00 bits per heavy atom. The van der Waals surface area contributed by atoms with Crippen LogP contribution in [0.3, 0.4) is 0 Å². The van der Waals surface area contributed by atoms with Crippen molar-refractivity contribution in [3.8, 4) is 0 Å². The third kappa shape index (κ3) is 2.64. The highest BCUT2D eigenvalue weighted by atomic mass is 32.1. The van der Waals surface area contributed by atoms with Crippen LogP contribution in [0.4, 0.5) is 0 Å². The van der Waals surface area contributed by atoms with Gasteiger partial charge >= 0.3 is 0 Å². The molecule has 96 valence electrons. The van der Waals surface area contributed by atoms with Crippen molar-refractivity contribution in [1.82, 2.24) is 14.8 Å². The Balaban J connectivity index is 1.80. The molecule has 0 amide bonds. The topological polar surface area (TPSA) is 30.7 Å².